The van der Waals surface area contributed by atoms with Crippen LogP contribution in [-0.2, 0) is 17.9 Å². The summed E-state index contributed by atoms with van der Waals surface area (Å²) in [7, 11) is 0. The van der Waals surface area contributed by atoms with E-state index >= 15 is 0 Å². The number of hydrogen-bond donors (Lipinski definition) is 3. The molecule has 11 nitrogen and oxygen atoms in total. The summed E-state index contributed by atoms with van der Waals surface area (Å²) in [5, 5.41) is 32.6. The van der Waals surface area contributed by atoms with Gasteiger partial charge < -0.3 is 29.1 Å². The molecule has 8 rings (SSSR count). The van der Waals surface area contributed by atoms with E-state index in [-0.39, 0.29) is 30.0 Å². The Labute approximate surface area is 308 Å². The Morgan fingerprint density at radius 2 is 1.67 bits per heavy atom. The van der Waals surface area contributed by atoms with Gasteiger partial charge in [0.05, 0.1) is 11.7 Å². The molecule has 0 radical (unpaired) electrons. The molecule has 1 saturated carbocycles. The second-order valence-electron chi connectivity index (χ2n) is 14.1. The molecule has 2 fully saturated rings. The number of aliphatic hydroxyl groups is 1. The lowest BCUT2D eigenvalue weighted by Crippen LogP contribution is -2.43. The first-order valence-electron chi connectivity index (χ1n) is 17.9. The maximum atomic E-state index is 13.5. The van der Waals surface area contributed by atoms with Gasteiger partial charge in [0.25, 0.3) is 0 Å². The summed E-state index contributed by atoms with van der Waals surface area (Å²) in [4.78, 5) is 23.1. The number of nitrogens with one attached hydrogen (secondary N) is 1. The van der Waals surface area contributed by atoms with E-state index < -0.39 is 18.6 Å². The van der Waals surface area contributed by atoms with Crippen molar-refractivity contribution in [3.63, 3.8) is 0 Å². The number of fused-ring (bicyclic) bond motifs is 2. The molecular weight excluding hydrogens is 696 g/mol. The van der Waals surface area contributed by atoms with E-state index in [9.17, 15) is 29.1 Å². The average Bonchev–Trinajstić information content (AvgIpc) is 3.88. The zero-order chi connectivity index (χ0) is 37.7. The molecule has 1 aliphatic heterocycles. The van der Waals surface area contributed by atoms with Crippen LogP contribution in [0.5, 0.6) is 5.75 Å². The van der Waals surface area contributed by atoms with Crippen molar-refractivity contribution >= 4 is 28.2 Å². The molecule has 13 heteroatoms. The summed E-state index contributed by atoms with van der Waals surface area (Å²) in [6.07, 6.45) is 2.35. The minimum Gasteiger partial charge on any atom is -0.480 e. The molecule has 0 amide bonds. The van der Waals surface area contributed by atoms with E-state index in [4.69, 9.17) is 23.5 Å². The van der Waals surface area contributed by atoms with Crippen LogP contribution in [0.4, 0.5) is 8.78 Å². The molecule has 2 aromatic heterocycles. The number of oxazole rings is 2. The summed E-state index contributed by atoms with van der Waals surface area (Å²) in [5.74, 6) is -0.347. The van der Waals surface area contributed by atoms with Gasteiger partial charge in [0.2, 0.25) is 11.8 Å². The molecule has 1 aliphatic carbocycles. The number of carboxylic acids is 1. The van der Waals surface area contributed by atoms with Crippen LogP contribution in [0, 0.1) is 25.2 Å². The first-order valence-corrected chi connectivity index (χ1v) is 17.9. The summed E-state index contributed by atoms with van der Waals surface area (Å²) in [5.41, 5.74) is 8.49. The molecule has 4 aromatic carbocycles. The Bertz CT molecular complexity index is 2450. The van der Waals surface area contributed by atoms with Crippen LogP contribution in [0.15, 0.2) is 69.5 Å². The fraction of sp³-hybridized carbons (Fsp3) is 0.317. The van der Waals surface area contributed by atoms with Gasteiger partial charge in [0.15, 0.2) is 11.2 Å². The number of carbonyl (C=O) groups is 1. The van der Waals surface area contributed by atoms with Gasteiger partial charge in [0, 0.05) is 41.9 Å². The number of aliphatic hydroxyl groups excluding tert-OH is 1. The van der Waals surface area contributed by atoms with Crippen LogP contribution in [0.2, 0.25) is 0 Å². The van der Waals surface area contributed by atoms with Gasteiger partial charge >= 0.3 is 12.6 Å². The van der Waals surface area contributed by atoms with Gasteiger partial charge in [-0.25, -0.2) is 9.97 Å². The highest BCUT2D eigenvalue weighted by molar-refractivity contribution is 5.86. The molecule has 276 valence electrons. The van der Waals surface area contributed by atoms with Crippen LogP contribution >= 0.6 is 0 Å². The lowest BCUT2D eigenvalue weighted by Gasteiger charge is -2.32. The van der Waals surface area contributed by atoms with E-state index in [1.807, 2.05) is 56.3 Å². The number of alkyl halides is 2. The van der Waals surface area contributed by atoms with Crippen molar-refractivity contribution in [3.05, 3.63) is 88.5 Å². The Hall–Kier alpha value is -5.68. The van der Waals surface area contributed by atoms with E-state index in [2.05, 4.69) is 11.4 Å². The fourth-order valence-corrected chi connectivity index (χ4v) is 7.68. The van der Waals surface area contributed by atoms with Gasteiger partial charge in [-0.1, -0.05) is 24.3 Å². The largest absolute Gasteiger partial charge is 0.480 e. The molecule has 1 saturated heterocycles. The van der Waals surface area contributed by atoms with Crippen molar-refractivity contribution in [2.45, 2.75) is 77.4 Å². The standard InChI is InChI=1S/C41H37F2N5O6/c1-21-28(29-7-4-9-31(22(29)2)39-47-33-13-23(12-24(18-44)37(33)54-39)19-45-26-15-27(49)16-26)6-3-8-30(21)38-46-32-14-25(20-48-11-5-10-34(48)40(50)51)35(53-41(42)43)17-36(32)52-38/h3-4,6-9,12-14,17,26-27,34,41,45,49H,5,10-11,15-16,19-20H2,1-2H3,(H,50,51)/t26?,27?,34-/m0/s1. The highest BCUT2D eigenvalue weighted by atomic mass is 19.3. The number of nitriles is 1. The van der Waals surface area contributed by atoms with Gasteiger partial charge in [-0.3, -0.25) is 9.69 Å². The molecule has 3 heterocycles. The second-order valence-corrected chi connectivity index (χ2v) is 14.1. The third-order valence-corrected chi connectivity index (χ3v) is 10.6. The Balaban J connectivity index is 1.11. The molecule has 6 aromatic rings. The number of benzene rings is 4. The quantitative estimate of drug-likeness (QED) is 0.120. The van der Waals surface area contributed by atoms with Crippen LogP contribution in [0.1, 0.15) is 53.5 Å². The van der Waals surface area contributed by atoms with E-state index in [1.165, 1.54) is 6.07 Å². The monoisotopic (exact) mass is 733 g/mol. The van der Waals surface area contributed by atoms with Crippen molar-refractivity contribution in [1.82, 2.24) is 20.2 Å². The summed E-state index contributed by atoms with van der Waals surface area (Å²) < 4.78 is 44.2. The Morgan fingerprint density at radius 3 is 2.31 bits per heavy atom. The van der Waals surface area contributed by atoms with Crippen molar-refractivity contribution in [3.8, 4) is 45.9 Å². The number of likely N-dealkylation sites (tertiary alicyclic amines) is 1. The van der Waals surface area contributed by atoms with Crippen LogP contribution in [0.25, 0.3) is 56.2 Å². The maximum absolute atomic E-state index is 13.5. The van der Waals surface area contributed by atoms with Gasteiger partial charge in [0.1, 0.15) is 28.9 Å². The summed E-state index contributed by atoms with van der Waals surface area (Å²) in [6, 6.07) is 20.2. The lowest BCUT2D eigenvalue weighted by molar-refractivity contribution is -0.142. The summed E-state index contributed by atoms with van der Waals surface area (Å²) >= 11 is 0. The number of nitrogens with zero attached hydrogens (tertiary/aromatic N) is 4. The predicted octanol–water partition coefficient (Wildman–Crippen LogP) is 7.72. The number of halogens is 2. The number of hydrogen-bond acceptors (Lipinski definition) is 10. The van der Waals surface area contributed by atoms with E-state index in [0.717, 1.165) is 33.4 Å². The lowest BCUT2D eigenvalue weighted by atomic mass is 9.89. The maximum Gasteiger partial charge on any atom is 0.387 e. The SMILES string of the molecule is Cc1c(-c2nc3cc(CN4CCC[C@H]4C(=O)O)c(OC(F)F)cc3o2)cccc1-c1cccc(-c2nc3cc(CNC4CC(O)C4)cc(C#N)c3o2)c1C. The summed E-state index contributed by atoms with van der Waals surface area (Å²) in [6.45, 7) is 2.06. The minimum absolute atomic E-state index is 0.0856. The topological polar surface area (TPSA) is 158 Å². The number of aromatic nitrogens is 2. The van der Waals surface area contributed by atoms with Crippen molar-refractivity contribution in [2.24, 2.45) is 0 Å². The first-order chi connectivity index (χ1) is 26.1. The smallest absolute Gasteiger partial charge is 0.387 e. The van der Waals surface area contributed by atoms with E-state index in [1.54, 1.807) is 17.0 Å². The molecular formula is C41H37F2N5O6. The zero-order valence-corrected chi connectivity index (χ0v) is 29.6. The minimum atomic E-state index is -3.08. The number of rotatable bonds is 11. The molecule has 3 N–H and O–H groups in total. The zero-order valence-electron chi connectivity index (χ0n) is 29.6. The molecule has 2 aliphatic rings. The van der Waals surface area contributed by atoms with E-state index in [0.29, 0.717) is 83.9 Å². The Morgan fingerprint density at radius 1 is 1.00 bits per heavy atom. The van der Waals surface area contributed by atoms with Gasteiger partial charge in [-0.2, -0.15) is 14.0 Å². The molecule has 0 bridgehead atoms. The van der Waals surface area contributed by atoms with Gasteiger partial charge in [-0.15, -0.1) is 0 Å². The first kappa shape index (κ1) is 35.4. The van der Waals surface area contributed by atoms with Gasteiger partial charge in [-0.05, 0) is 104 Å². The second kappa shape index (κ2) is 14.3. The van der Waals surface area contributed by atoms with Crippen LogP contribution < -0.4 is 10.1 Å². The fourth-order valence-electron chi connectivity index (χ4n) is 7.68. The van der Waals surface area contributed by atoms with Crippen LogP contribution in [-0.4, -0.2) is 62.4 Å². The highest BCUT2D eigenvalue weighted by Gasteiger charge is 2.32. The van der Waals surface area contributed by atoms with Crippen molar-refractivity contribution < 1.29 is 37.4 Å². The highest BCUT2D eigenvalue weighted by Crippen LogP contribution is 2.39. The number of carboxylic acid groups (broad SMARTS) is 1. The molecule has 54 heavy (non-hydrogen) atoms. The number of aliphatic carboxylic acids is 1. The van der Waals surface area contributed by atoms with Crippen molar-refractivity contribution in [1.29, 1.82) is 5.26 Å². The van der Waals surface area contributed by atoms with Crippen molar-refractivity contribution in [2.75, 3.05) is 6.54 Å². The normalized spacial score (nSPS) is 18.7. The molecule has 0 spiro atoms. The van der Waals surface area contributed by atoms with Crippen LogP contribution in [0.3, 0.4) is 0 Å². The average molecular weight is 734 g/mol. The predicted molar refractivity (Wildman–Crippen MR) is 196 cm³/mol. The molecule has 1 atom stereocenters. The third kappa shape index (κ3) is 6.68. The number of ether oxygens (including phenoxy) is 1. The third-order valence-electron chi connectivity index (χ3n) is 10.6. The Kier molecular flexibility index (Phi) is 9.35. The molecule has 0 unspecified atom stereocenters.